The van der Waals surface area contributed by atoms with E-state index in [1.54, 1.807) is 0 Å². The minimum atomic E-state index is -0.477. The van der Waals surface area contributed by atoms with Gasteiger partial charge in [-0.2, -0.15) is 0 Å². The summed E-state index contributed by atoms with van der Waals surface area (Å²) in [5.41, 5.74) is 4.91. The Hall–Kier alpha value is -1.33. The van der Waals surface area contributed by atoms with E-state index in [-0.39, 0.29) is 11.5 Å². The van der Waals surface area contributed by atoms with Crippen LogP contribution < -0.4 is 5.32 Å². The first-order valence-corrected chi connectivity index (χ1v) is 11.8. The van der Waals surface area contributed by atoms with Crippen LogP contribution >= 0.6 is 31.9 Å². The maximum Gasteiger partial charge on any atom is 0.407 e. The Bertz CT molecular complexity index is 851. The topological polar surface area (TPSA) is 38.3 Å². The number of rotatable bonds is 6. The molecule has 3 nitrogen and oxygen atoms in total. The third-order valence-electron chi connectivity index (χ3n) is 5.41. The van der Waals surface area contributed by atoms with Gasteiger partial charge in [0.05, 0.1) is 0 Å². The van der Waals surface area contributed by atoms with Crippen molar-refractivity contribution in [2.24, 2.45) is 0 Å². The normalized spacial score (nSPS) is 14.3. The van der Waals surface area contributed by atoms with E-state index in [1.165, 1.54) is 22.3 Å². The van der Waals surface area contributed by atoms with Crippen molar-refractivity contribution in [3.8, 4) is 11.1 Å². The molecule has 1 aliphatic rings. The maximum atomic E-state index is 12.0. The quantitative estimate of drug-likeness (QED) is 0.397. The highest BCUT2D eigenvalue weighted by atomic mass is 79.9. The van der Waals surface area contributed by atoms with Crippen molar-refractivity contribution in [2.75, 3.05) is 6.54 Å². The highest BCUT2D eigenvalue weighted by Gasteiger charge is 2.42. The van der Waals surface area contributed by atoms with E-state index in [1.807, 2.05) is 20.8 Å². The Kier molecular flexibility index (Phi) is 6.79. The van der Waals surface area contributed by atoms with Crippen LogP contribution in [0.4, 0.5) is 4.79 Å². The summed E-state index contributed by atoms with van der Waals surface area (Å²) in [4.78, 5) is 12.0. The molecule has 0 bridgehead atoms. The molecule has 0 fully saturated rings. The minimum absolute atomic E-state index is 0.0391. The van der Waals surface area contributed by atoms with Crippen molar-refractivity contribution in [1.29, 1.82) is 0 Å². The molecular weight excluding hydrogens is 494 g/mol. The van der Waals surface area contributed by atoms with Crippen LogP contribution in [-0.2, 0) is 10.2 Å². The molecule has 156 valence electrons. The fourth-order valence-corrected chi connectivity index (χ4v) is 5.15. The molecule has 3 rings (SSSR count). The molecular formula is C24H29Br2NO2. The smallest absolute Gasteiger partial charge is 0.407 e. The molecule has 2 aromatic rings. The second-order valence-corrected chi connectivity index (χ2v) is 10.6. The van der Waals surface area contributed by atoms with Crippen molar-refractivity contribution in [2.45, 2.75) is 64.4 Å². The Morgan fingerprint density at radius 3 is 2.03 bits per heavy atom. The van der Waals surface area contributed by atoms with Gasteiger partial charge in [-0.25, -0.2) is 4.79 Å². The van der Waals surface area contributed by atoms with E-state index in [9.17, 15) is 4.79 Å². The molecule has 0 heterocycles. The second kappa shape index (κ2) is 8.81. The zero-order chi connectivity index (χ0) is 21.2. The van der Waals surface area contributed by atoms with Gasteiger partial charge < -0.3 is 10.1 Å². The first kappa shape index (κ1) is 22.4. The number of halogens is 2. The summed E-state index contributed by atoms with van der Waals surface area (Å²) in [6.45, 7) is 8.49. The lowest BCUT2D eigenvalue weighted by Crippen LogP contribution is -2.34. The molecule has 0 saturated heterocycles. The Morgan fingerprint density at radius 2 is 1.55 bits per heavy atom. The van der Waals surface area contributed by atoms with Gasteiger partial charge in [-0.3, -0.25) is 0 Å². The van der Waals surface area contributed by atoms with Gasteiger partial charge in [-0.05, 0) is 86.6 Å². The van der Waals surface area contributed by atoms with Crippen molar-refractivity contribution in [1.82, 2.24) is 5.32 Å². The van der Waals surface area contributed by atoms with Gasteiger partial charge in [0.15, 0.2) is 0 Å². The fourth-order valence-electron chi connectivity index (χ4n) is 4.42. The average molecular weight is 523 g/mol. The summed E-state index contributed by atoms with van der Waals surface area (Å²) in [7, 11) is 0. The van der Waals surface area contributed by atoms with Crippen molar-refractivity contribution in [3.05, 3.63) is 56.5 Å². The molecule has 29 heavy (non-hydrogen) atoms. The SMILES string of the molecule is CCCC1(CCCNC(=O)OC(C)(C)C)c2cc(Br)ccc2-c2ccc(Br)cc21. The fraction of sp³-hybridized carbons (Fsp3) is 0.458. The van der Waals surface area contributed by atoms with Crippen LogP contribution in [0.25, 0.3) is 11.1 Å². The molecule has 5 heteroatoms. The molecule has 0 unspecified atom stereocenters. The van der Waals surface area contributed by atoms with Gasteiger partial charge in [0.1, 0.15) is 5.60 Å². The van der Waals surface area contributed by atoms with Gasteiger partial charge in [0.2, 0.25) is 0 Å². The van der Waals surface area contributed by atoms with Gasteiger partial charge in [0, 0.05) is 20.9 Å². The number of benzene rings is 2. The zero-order valence-electron chi connectivity index (χ0n) is 17.6. The number of alkyl carbamates (subject to hydrolysis) is 1. The van der Waals surface area contributed by atoms with Gasteiger partial charge >= 0.3 is 6.09 Å². The van der Waals surface area contributed by atoms with Crippen LogP contribution in [0.15, 0.2) is 45.3 Å². The summed E-state index contributed by atoms with van der Waals surface area (Å²) in [5.74, 6) is 0. The summed E-state index contributed by atoms with van der Waals surface area (Å²) >= 11 is 7.35. The number of hydrogen-bond donors (Lipinski definition) is 1. The van der Waals surface area contributed by atoms with Crippen LogP contribution in [-0.4, -0.2) is 18.2 Å². The third kappa shape index (κ3) is 4.88. The van der Waals surface area contributed by atoms with Crippen molar-refractivity contribution in [3.63, 3.8) is 0 Å². The first-order valence-electron chi connectivity index (χ1n) is 10.2. The molecule has 0 saturated carbocycles. The van der Waals surface area contributed by atoms with Gasteiger partial charge in [0.25, 0.3) is 0 Å². The molecule has 1 aliphatic carbocycles. The number of nitrogens with one attached hydrogen (secondary N) is 1. The van der Waals surface area contributed by atoms with Gasteiger partial charge in [-0.15, -0.1) is 0 Å². The van der Waals surface area contributed by atoms with E-state index in [0.717, 1.165) is 34.6 Å². The minimum Gasteiger partial charge on any atom is -0.444 e. The molecule has 0 radical (unpaired) electrons. The molecule has 0 aliphatic heterocycles. The largest absolute Gasteiger partial charge is 0.444 e. The standard InChI is InChI=1S/C24H29Br2NO2/c1-5-11-24(12-6-13-27-22(28)29-23(2,3)4)20-14-16(25)7-9-18(20)19-10-8-17(26)15-21(19)24/h7-10,14-15H,5-6,11-13H2,1-4H3,(H,27,28). The highest BCUT2D eigenvalue weighted by molar-refractivity contribution is 9.10. The third-order valence-corrected chi connectivity index (χ3v) is 6.40. The highest BCUT2D eigenvalue weighted by Crippen LogP contribution is 2.54. The lowest BCUT2D eigenvalue weighted by Gasteiger charge is -2.32. The molecule has 0 aromatic heterocycles. The average Bonchev–Trinajstić information content (AvgIpc) is 2.87. The maximum absolute atomic E-state index is 12.0. The molecule has 2 aromatic carbocycles. The second-order valence-electron chi connectivity index (χ2n) is 8.74. The molecule has 1 amide bonds. The molecule has 1 N–H and O–H groups in total. The molecule has 0 spiro atoms. The summed E-state index contributed by atoms with van der Waals surface area (Å²) < 4.78 is 7.58. The Balaban J connectivity index is 1.86. The van der Waals surface area contributed by atoms with E-state index in [4.69, 9.17) is 4.74 Å². The lowest BCUT2D eigenvalue weighted by molar-refractivity contribution is 0.0526. The van der Waals surface area contributed by atoms with Crippen LogP contribution in [0.1, 0.15) is 64.5 Å². The molecule has 0 atom stereocenters. The Labute approximate surface area is 190 Å². The number of amides is 1. The van der Waals surface area contributed by atoms with E-state index in [2.05, 4.69) is 80.5 Å². The number of hydrogen-bond acceptors (Lipinski definition) is 2. The first-order chi connectivity index (χ1) is 13.7. The number of ether oxygens (including phenoxy) is 1. The zero-order valence-corrected chi connectivity index (χ0v) is 20.7. The predicted octanol–water partition coefficient (Wildman–Crippen LogP) is 7.58. The van der Waals surface area contributed by atoms with Crippen LogP contribution in [0.3, 0.4) is 0 Å². The van der Waals surface area contributed by atoms with E-state index in [0.29, 0.717) is 6.54 Å². The summed E-state index contributed by atoms with van der Waals surface area (Å²) in [5, 5.41) is 2.91. The van der Waals surface area contributed by atoms with Crippen LogP contribution in [0.2, 0.25) is 0 Å². The van der Waals surface area contributed by atoms with Crippen molar-refractivity contribution >= 4 is 38.0 Å². The number of carbonyl (C=O) groups is 1. The van der Waals surface area contributed by atoms with Crippen molar-refractivity contribution < 1.29 is 9.53 Å². The summed E-state index contributed by atoms with van der Waals surface area (Å²) in [6.07, 6.45) is 3.68. The van der Waals surface area contributed by atoms with Crippen LogP contribution in [0.5, 0.6) is 0 Å². The van der Waals surface area contributed by atoms with Gasteiger partial charge in [-0.1, -0.05) is 57.3 Å². The van der Waals surface area contributed by atoms with Crippen LogP contribution in [0, 0.1) is 0 Å². The number of fused-ring (bicyclic) bond motifs is 3. The lowest BCUT2D eigenvalue weighted by atomic mass is 9.71. The van der Waals surface area contributed by atoms with E-state index >= 15 is 0 Å². The van der Waals surface area contributed by atoms with E-state index < -0.39 is 5.60 Å². The monoisotopic (exact) mass is 521 g/mol. The predicted molar refractivity (Wildman–Crippen MR) is 126 cm³/mol. The Morgan fingerprint density at radius 1 is 1.00 bits per heavy atom. The summed E-state index contributed by atoms with van der Waals surface area (Å²) in [6, 6.07) is 13.2. The number of carbonyl (C=O) groups excluding carboxylic acids is 1.